The van der Waals surface area contributed by atoms with Crippen LogP contribution in [0.25, 0.3) is 0 Å². The molecule has 21 heavy (non-hydrogen) atoms. The lowest BCUT2D eigenvalue weighted by atomic mass is 10.2. The van der Waals surface area contributed by atoms with Gasteiger partial charge in [0.1, 0.15) is 5.84 Å². The summed E-state index contributed by atoms with van der Waals surface area (Å²) in [5, 5.41) is 15.2. The number of amides is 1. The maximum Gasteiger partial charge on any atom is 0.255 e. The fraction of sp³-hybridized carbons (Fsp3) is 0.214. The summed E-state index contributed by atoms with van der Waals surface area (Å²) < 4.78 is 0. The van der Waals surface area contributed by atoms with Crippen LogP contribution < -0.4 is 5.73 Å². The van der Waals surface area contributed by atoms with Gasteiger partial charge in [-0.05, 0) is 23.1 Å². The number of hydrogen-bond acceptors (Lipinski definition) is 5. The average molecular weight is 304 g/mol. The Morgan fingerprint density at radius 3 is 2.95 bits per heavy atom. The van der Waals surface area contributed by atoms with Crippen molar-refractivity contribution in [1.29, 1.82) is 0 Å². The molecule has 0 fully saturated rings. The summed E-state index contributed by atoms with van der Waals surface area (Å²) in [4.78, 5) is 18.2. The van der Waals surface area contributed by atoms with Gasteiger partial charge in [-0.3, -0.25) is 9.78 Å². The number of thiophene rings is 1. The molecule has 0 radical (unpaired) electrons. The molecular formula is C14H16N4O2S. The zero-order valence-electron chi connectivity index (χ0n) is 11.3. The van der Waals surface area contributed by atoms with Crippen LogP contribution in [0.4, 0.5) is 0 Å². The fourth-order valence-electron chi connectivity index (χ4n) is 1.83. The molecule has 0 aromatic carbocycles. The first-order valence-corrected chi connectivity index (χ1v) is 7.31. The second-order valence-electron chi connectivity index (χ2n) is 4.44. The maximum absolute atomic E-state index is 12.5. The lowest BCUT2D eigenvalue weighted by molar-refractivity contribution is 0.0748. The van der Waals surface area contributed by atoms with E-state index in [2.05, 4.69) is 10.1 Å². The summed E-state index contributed by atoms with van der Waals surface area (Å²) in [7, 11) is 0. The molecule has 0 saturated carbocycles. The van der Waals surface area contributed by atoms with Crippen LogP contribution in [0.1, 0.15) is 22.3 Å². The van der Waals surface area contributed by atoms with Crippen LogP contribution in [0.2, 0.25) is 0 Å². The quantitative estimate of drug-likeness (QED) is 0.369. The fourth-order valence-corrected chi connectivity index (χ4v) is 2.46. The van der Waals surface area contributed by atoms with E-state index in [9.17, 15) is 4.79 Å². The zero-order valence-corrected chi connectivity index (χ0v) is 12.2. The van der Waals surface area contributed by atoms with Crippen LogP contribution >= 0.6 is 11.3 Å². The molecule has 2 aromatic rings. The first kappa shape index (κ1) is 15.0. The van der Waals surface area contributed by atoms with Gasteiger partial charge in [0.2, 0.25) is 0 Å². The highest BCUT2D eigenvalue weighted by atomic mass is 32.1. The molecule has 0 atom stereocenters. The normalized spacial score (nSPS) is 11.3. The van der Waals surface area contributed by atoms with Crippen molar-refractivity contribution in [3.05, 3.63) is 52.5 Å². The van der Waals surface area contributed by atoms with Gasteiger partial charge in [-0.25, -0.2) is 0 Å². The monoisotopic (exact) mass is 304 g/mol. The Bertz CT molecular complexity index is 599. The SMILES string of the molecule is N/C(CCN(Cc1cccnc1)C(=O)c1ccsc1)=N/O. The molecule has 0 aliphatic heterocycles. The molecule has 0 aliphatic rings. The molecule has 0 bridgehead atoms. The van der Waals surface area contributed by atoms with E-state index < -0.39 is 0 Å². The number of amidine groups is 1. The molecular weight excluding hydrogens is 288 g/mol. The molecule has 0 saturated heterocycles. The van der Waals surface area contributed by atoms with Gasteiger partial charge in [-0.1, -0.05) is 11.2 Å². The highest BCUT2D eigenvalue weighted by Gasteiger charge is 2.17. The number of rotatable bonds is 6. The Morgan fingerprint density at radius 2 is 2.33 bits per heavy atom. The average Bonchev–Trinajstić information content (AvgIpc) is 3.05. The number of aromatic nitrogens is 1. The summed E-state index contributed by atoms with van der Waals surface area (Å²) in [5.74, 6) is 0.0233. The van der Waals surface area contributed by atoms with E-state index in [0.717, 1.165) is 5.56 Å². The van der Waals surface area contributed by atoms with Crippen molar-refractivity contribution in [1.82, 2.24) is 9.88 Å². The summed E-state index contributed by atoms with van der Waals surface area (Å²) in [6.45, 7) is 0.806. The number of pyridine rings is 1. The molecule has 6 nitrogen and oxygen atoms in total. The highest BCUT2D eigenvalue weighted by Crippen LogP contribution is 2.13. The van der Waals surface area contributed by atoms with Gasteiger partial charge in [0, 0.05) is 37.3 Å². The van der Waals surface area contributed by atoms with Crippen LogP contribution in [-0.4, -0.2) is 33.4 Å². The topological polar surface area (TPSA) is 91.8 Å². The van der Waals surface area contributed by atoms with E-state index >= 15 is 0 Å². The van der Waals surface area contributed by atoms with Gasteiger partial charge in [-0.2, -0.15) is 11.3 Å². The standard InChI is InChI=1S/C14H16N4O2S/c15-13(17-20)3-6-18(9-11-2-1-5-16-8-11)14(19)12-4-7-21-10-12/h1-2,4-5,7-8,10,20H,3,6,9H2,(H2,15,17). The third-order valence-corrected chi connectivity index (χ3v) is 3.60. The lowest BCUT2D eigenvalue weighted by Crippen LogP contribution is -2.33. The van der Waals surface area contributed by atoms with E-state index in [0.29, 0.717) is 25.1 Å². The number of oxime groups is 1. The second kappa shape index (κ2) is 7.39. The van der Waals surface area contributed by atoms with Gasteiger partial charge in [0.05, 0.1) is 5.56 Å². The Hall–Kier alpha value is -2.41. The van der Waals surface area contributed by atoms with Crippen molar-refractivity contribution in [3.63, 3.8) is 0 Å². The van der Waals surface area contributed by atoms with Crippen LogP contribution in [0.15, 0.2) is 46.5 Å². The minimum atomic E-state index is -0.0779. The predicted octanol–water partition coefficient (Wildman–Crippen LogP) is 1.92. The smallest absolute Gasteiger partial charge is 0.255 e. The molecule has 0 spiro atoms. The number of nitrogens with zero attached hydrogens (tertiary/aromatic N) is 3. The summed E-state index contributed by atoms with van der Waals surface area (Å²) >= 11 is 1.47. The van der Waals surface area contributed by atoms with Gasteiger partial charge >= 0.3 is 0 Å². The van der Waals surface area contributed by atoms with Crippen LogP contribution in [0.3, 0.4) is 0 Å². The number of carbonyl (C=O) groups excluding carboxylic acids is 1. The molecule has 110 valence electrons. The van der Waals surface area contributed by atoms with Crippen LogP contribution in [0.5, 0.6) is 0 Å². The molecule has 2 heterocycles. The summed E-state index contributed by atoms with van der Waals surface area (Å²) in [6.07, 6.45) is 3.72. The van der Waals surface area contributed by atoms with Crippen molar-refractivity contribution >= 4 is 23.1 Å². The van der Waals surface area contributed by atoms with E-state index in [1.165, 1.54) is 11.3 Å². The Morgan fingerprint density at radius 1 is 1.48 bits per heavy atom. The minimum absolute atomic E-state index is 0.0779. The van der Waals surface area contributed by atoms with Crippen LogP contribution in [-0.2, 0) is 6.54 Å². The summed E-state index contributed by atoms with van der Waals surface area (Å²) in [6, 6.07) is 5.52. The number of hydrogen-bond donors (Lipinski definition) is 2. The molecule has 2 rings (SSSR count). The van der Waals surface area contributed by atoms with E-state index in [1.807, 2.05) is 22.9 Å². The van der Waals surface area contributed by atoms with Crippen molar-refractivity contribution in [2.24, 2.45) is 10.9 Å². The predicted molar refractivity (Wildman–Crippen MR) is 81.3 cm³/mol. The van der Waals surface area contributed by atoms with Gasteiger partial charge in [0.15, 0.2) is 0 Å². The Balaban J connectivity index is 2.12. The van der Waals surface area contributed by atoms with E-state index in [1.54, 1.807) is 23.4 Å². The zero-order chi connectivity index (χ0) is 15.1. The summed E-state index contributed by atoms with van der Waals surface area (Å²) in [5.41, 5.74) is 7.06. The Kier molecular flexibility index (Phi) is 5.28. The molecule has 1 amide bonds. The molecule has 0 unspecified atom stereocenters. The van der Waals surface area contributed by atoms with Crippen molar-refractivity contribution in [2.45, 2.75) is 13.0 Å². The largest absolute Gasteiger partial charge is 0.409 e. The van der Waals surface area contributed by atoms with Gasteiger partial charge in [-0.15, -0.1) is 0 Å². The van der Waals surface area contributed by atoms with Crippen molar-refractivity contribution < 1.29 is 10.0 Å². The van der Waals surface area contributed by atoms with E-state index in [4.69, 9.17) is 10.9 Å². The second-order valence-corrected chi connectivity index (χ2v) is 5.22. The van der Waals surface area contributed by atoms with Gasteiger partial charge < -0.3 is 15.8 Å². The van der Waals surface area contributed by atoms with E-state index in [-0.39, 0.29) is 11.7 Å². The van der Waals surface area contributed by atoms with Crippen molar-refractivity contribution in [2.75, 3.05) is 6.54 Å². The molecule has 3 N–H and O–H groups in total. The van der Waals surface area contributed by atoms with Crippen molar-refractivity contribution in [3.8, 4) is 0 Å². The molecule has 7 heteroatoms. The first-order valence-electron chi connectivity index (χ1n) is 6.37. The first-order chi connectivity index (χ1) is 10.2. The highest BCUT2D eigenvalue weighted by molar-refractivity contribution is 7.08. The Labute approximate surface area is 126 Å². The third kappa shape index (κ3) is 4.28. The van der Waals surface area contributed by atoms with Gasteiger partial charge in [0.25, 0.3) is 5.91 Å². The van der Waals surface area contributed by atoms with Crippen LogP contribution in [0, 0.1) is 0 Å². The third-order valence-electron chi connectivity index (χ3n) is 2.92. The number of nitrogens with two attached hydrogens (primary N) is 1. The maximum atomic E-state index is 12.5. The molecule has 0 aliphatic carbocycles. The number of carbonyl (C=O) groups is 1. The molecule has 2 aromatic heterocycles. The lowest BCUT2D eigenvalue weighted by Gasteiger charge is -2.22. The minimum Gasteiger partial charge on any atom is -0.409 e.